The lowest BCUT2D eigenvalue weighted by molar-refractivity contribution is 0.423. The third-order valence-corrected chi connectivity index (χ3v) is 3.37. The van der Waals surface area contributed by atoms with Crippen LogP contribution >= 0.6 is 0 Å². The molecule has 1 heterocycles. The van der Waals surface area contributed by atoms with Gasteiger partial charge < -0.3 is 5.73 Å². The Bertz CT molecular complexity index is 373. The van der Waals surface area contributed by atoms with Gasteiger partial charge in [0.2, 0.25) is 0 Å². The SMILES string of the molecule is CC(C)(C)c1ccnc(C2(N)CCCC2)n1. The Kier molecular flexibility index (Phi) is 2.74. The van der Waals surface area contributed by atoms with Gasteiger partial charge in [-0.3, -0.25) is 0 Å². The first kappa shape index (κ1) is 11.5. The largest absolute Gasteiger partial charge is 0.319 e. The van der Waals surface area contributed by atoms with Crippen LogP contribution in [0, 0.1) is 0 Å². The molecule has 1 fully saturated rings. The van der Waals surface area contributed by atoms with Crippen molar-refractivity contribution in [1.82, 2.24) is 9.97 Å². The van der Waals surface area contributed by atoms with Crippen LogP contribution in [-0.4, -0.2) is 9.97 Å². The molecule has 0 amide bonds. The highest BCUT2D eigenvalue weighted by Gasteiger charge is 2.34. The van der Waals surface area contributed by atoms with Gasteiger partial charge in [0.05, 0.1) is 5.54 Å². The molecule has 0 radical (unpaired) electrons. The van der Waals surface area contributed by atoms with Crippen LogP contribution in [-0.2, 0) is 11.0 Å². The molecule has 0 atom stereocenters. The minimum atomic E-state index is -0.277. The second-order valence-electron chi connectivity index (χ2n) is 5.88. The molecule has 1 aromatic rings. The van der Waals surface area contributed by atoms with E-state index in [2.05, 4.69) is 30.7 Å². The lowest BCUT2D eigenvalue weighted by Crippen LogP contribution is -2.36. The molecule has 0 unspecified atom stereocenters. The molecule has 0 aliphatic heterocycles. The topological polar surface area (TPSA) is 51.8 Å². The first-order valence-corrected chi connectivity index (χ1v) is 6.05. The predicted molar refractivity (Wildman–Crippen MR) is 65.1 cm³/mol. The van der Waals surface area contributed by atoms with E-state index in [1.54, 1.807) is 0 Å². The summed E-state index contributed by atoms with van der Waals surface area (Å²) < 4.78 is 0. The van der Waals surface area contributed by atoms with E-state index in [0.29, 0.717) is 0 Å². The monoisotopic (exact) mass is 219 g/mol. The Morgan fingerprint density at radius 3 is 2.44 bits per heavy atom. The number of hydrogen-bond donors (Lipinski definition) is 1. The van der Waals surface area contributed by atoms with Crippen molar-refractivity contribution < 1.29 is 0 Å². The number of aromatic nitrogens is 2. The summed E-state index contributed by atoms with van der Waals surface area (Å²) in [6.07, 6.45) is 6.26. The summed E-state index contributed by atoms with van der Waals surface area (Å²) in [6, 6.07) is 1.99. The van der Waals surface area contributed by atoms with E-state index in [-0.39, 0.29) is 11.0 Å². The maximum atomic E-state index is 6.37. The highest BCUT2D eigenvalue weighted by molar-refractivity contribution is 5.16. The fraction of sp³-hybridized carbons (Fsp3) is 0.692. The van der Waals surface area contributed by atoms with Gasteiger partial charge in [0.15, 0.2) is 0 Å². The van der Waals surface area contributed by atoms with E-state index < -0.39 is 0 Å². The molecule has 2 rings (SSSR count). The Hall–Kier alpha value is -0.960. The minimum Gasteiger partial charge on any atom is -0.319 e. The quantitative estimate of drug-likeness (QED) is 0.789. The second-order valence-corrected chi connectivity index (χ2v) is 5.88. The summed E-state index contributed by atoms with van der Waals surface area (Å²) >= 11 is 0. The Morgan fingerprint density at radius 1 is 1.25 bits per heavy atom. The number of hydrogen-bond acceptors (Lipinski definition) is 3. The number of rotatable bonds is 1. The molecule has 3 heteroatoms. The standard InChI is InChI=1S/C13H21N3/c1-12(2,3)10-6-9-15-11(16-10)13(14)7-4-5-8-13/h6,9H,4-5,7-8,14H2,1-3H3. The highest BCUT2D eigenvalue weighted by atomic mass is 15.0. The van der Waals surface area contributed by atoms with Crippen molar-refractivity contribution >= 4 is 0 Å². The summed E-state index contributed by atoms with van der Waals surface area (Å²) in [5.74, 6) is 0.831. The van der Waals surface area contributed by atoms with Crippen LogP contribution in [0.3, 0.4) is 0 Å². The van der Waals surface area contributed by atoms with Gasteiger partial charge >= 0.3 is 0 Å². The van der Waals surface area contributed by atoms with E-state index >= 15 is 0 Å². The fourth-order valence-corrected chi connectivity index (χ4v) is 2.25. The number of nitrogens with zero attached hydrogens (tertiary/aromatic N) is 2. The van der Waals surface area contributed by atoms with Gasteiger partial charge in [-0.25, -0.2) is 9.97 Å². The minimum absolute atomic E-state index is 0.0622. The second kappa shape index (κ2) is 3.81. The molecule has 2 N–H and O–H groups in total. The third kappa shape index (κ3) is 2.09. The highest BCUT2D eigenvalue weighted by Crippen LogP contribution is 2.34. The van der Waals surface area contributed by atoms with Crippen molar-refractivity contribution in [3.63, 3.8) is 0 Å². The molecule has 88 valence electrons. The molecule has 1 saturated carbocycles. The molecule has 1 aliphatic carbocycles. The van der Waals surface area contributed by atoms with Gasteiger partial charge in [-0.15, -0.1) is 0 Å². The summed E-state index contributed by atoms with van der Waals surface area (Å²) in [5.41, 5.74) is 7.23. The van der Waals surface area contributed by atoms with Crippen LogP contribution in [0.25, 0.3) is 0 Å². The smallest absolute Gasteiger partial charge is 0.148 e. The van der Waals surface area contributed by atoms with Crippen molar-refractivity contribution in [2.45, 2.75) is 57.4 Å². The maximum absolute atomic E-state index is 6.37. The van der Waals surface area contributed by atoms with Crippen LogP contribution in [0.4, 0.5) is 0 Å². The summed E-state index contributed by atoms with van der Waals surface area (Å²) in [7, 11) is 0. The average Bonchev–Trinajstić information content (AvgIpc) is 2.66. The first-order valence-electron chi connectivity index (χ1n) is 6.05. The summed E-state index contributed by atoms with van der Waals surface area (Å²) in [6.45, 7) is 6.49. The zero-order valence-corrected chi connectivity index (χ0v) is 10.5. The number of nitrogens with two attached hydrogens (primary N) is 1. The van der Waals surface area contributed by atoms with Crippen LogP contribution in [0.1, 0.15) is 58.0 Å². The van der Waals surface area contributed by atoms with Crippen LogP contribution in [0.5, 0.6) is 0 Å². The Balaban J connectivity index is 2.36. The molecule has 0 aromatic carbocycles. The van der Waals surface area contributed by atoms with E-state index in [1.807, 2.05) is 12.3 Å². The lowest BCUT2D eigenvalue weighted by Gasteiger charge is -2.24. The summed E-state index contributed by atoms with van der Waals surface area (Å²) in [4.78, 5) is 9.03. The van der Waals surface area contributed by atoms with E-state index in [0.717, 1.165) is 24.4 Å². The van der Waals surface area contributed by atoms with Gasteiger partial charge in [0.25, 0.3) is 0 Å². The molecule has 0 spiro atoms. The van der Waals surface area contributed by atoms with Gasteiger partial charge in [-0.2, -0.15) is 0 Å². The predicted octanol–water partition coefficient (Wildman–Crippen LogP) is 2.50. The molecule has 16 heavy (non-hydrogen) atoms. The molecule has 3 nitrogen and oxygen atoms in total. The zero-order valence-electron chi connectivity index (χ0n) is 10.5. The normalized spacial score (nSPS) is 20.0. The van der Waals surface area contributed by atoms with Crippen LogP contribution < -0.4 is 5.73 Å². The zero-order chi connectivity index (χ0) is 11.8. The van der Waals surface area contributed by atoms with Crippen LogP contribution in [0.15, 0.2) is 12.3 Å². The molecule has 1 aromatic heterocycles. The lowest BCUT2D eigenvalue weighted by atomic mass is 9.91. The van der Waals surface area contributed by atoms with Crippen LogP contribution in [0.2, 0.25) is 0 Å². The van der Waals surface area contributed by atoms with Gasteiger partial charge in [-0.1, -0.05) is 33.6 Å². The van der Waals surface area contributed by atoms with Crippen molar-refractivity contribution in [3.8, 4) is 0 Å². The average molecular weight is 219 g/mol. The van der Waals surface area contributed by atoms with Crippen molar-refractivity contribution in [1.29, 1.82) is 0 Å². The van der Waals surface area contributed by atoms with Crippen molar-refractivity contribution in [2.24, 2.45) is 5.73 Å². The third-order valence-electron chi connectivity index (χ3n) is 3.37. The van der Waals surface area contributed by atoms with Crippen molar-refractivity contribution in [3.05, 3.63) is 23.8 Å². The van der Waals surface area contributed by atoms with Gasteiger partial charge in [-0.05, 0) is 18.9 Å². The summed E-state index contributed by atoms with van der Waals surface area (Å²) in [5, 5.41) is 0. The van der Waals surface area contributed by atoms with E-state index in [1.165, 1.54) is 12.8 Å². The van der Waals surface area contributed by atoms with E-state index in [9.17, 15) is 0 Å². The van der Waals surface area contributed by atoms with E-state index in [4.69, 9.17) is 5.73 Å². The maximum Gasteiger partial charge on any atom is 0.148 e. The first-order chi connectivity index (χ1) is 7.42. The molecular weight excluding hydrogens is 198 g/mol. The van der Waals surface area contributed by atoms with Gasteiger partial charge in [0.1, 0.15) is 5.82 Å². The Labute approximate surface area is 97.5 Å². The molecule has 0 bridgehead atoms. The Morgan fingerprint density at radius 2 is 1.88 bits per heavy atom. The molecule has 0 saturated heterocycles. The van der Waals surface area contributed by atoms with Crippen molar-refractivity contribution in [2.75, 3.05) is 0 Å². The van der Waals surface area contributed by atoms with Gasteiger partial charge in [0, 0.05) is 17.3 Å². The fourth-order valence-electron chi connectivity index (χ4n) is 2.25. The molecule has 1 aliphatic rings. The molecular formula is C13H21N3.